The van der Waals surface area contributed by atoms with Crippen LogP contribution in [0.5, 0.6) is 0 Å². The van der Waals surface area contributed by atoms with Gasteiger partial charge in [0, 0.05) is 65.5 Å². The second-order valence-corrected chi connectivity index (χ2v) is 11.3. The van der Waals surface area contributed by atoms with Gasteiger partial charge in [-0.3, -0.25) is 24.0 Å². The first kappa shape index (κ1) is 51.3. The van der Waals surface area contributed by atoms with Gasteiger partial charge in [0.05, 0.1) is 39.6 Å². The lowest BCUT2D eigenvalue weighted by atomic mass is 10.2. The van der Waals surface area contributed by atoms with E-state index in [1.807, 2.05) is 0 Å². The fraction of sp³-hybridized carbons (Fsp3) is 0.615. The van der Waals surface area contributed by atoms with Crippen LogP contribution in [0.3, 0.4) is 0 Å². The summed E-state index contributed by atoms with van der Waals surface area (Å²) in [5, 5.41) is 8.04. The van der Waals surface area contributed by atoms with Crippen LogP contribution in [-0.4, -0.2) is 128 Å². The van der Waals surface area contributed by atoms with E-state index in [2.05, 4.69) is 48.8 Å². The largest absolute Gasteiger partial charge is 0.379 e. The molecule has 302 valence electrons. The fourth-order valence-electron chi connectivity index (χ4n) is 3.85. The Morgan fingerprint density at radius 2 is 0.755 bits per heavy atom. The van der Waals surface area contributed by atoms with E-state index in [4.69, 9.17) is 28.4 Å². The second kappa shape index (κ2) is 41.0. The van der Waals surface area contributed by atoms with E-state index >= 15 is 0 Å². The summed E-state index contributed by atoms with van der Waals surface area (Å²) in [6.45, 7) is 24.1. The Balaban J connectivity index is 0. The van der Waals surface area contributed by atoms with Gasteiger partial charge in [0.1, 0.15) is 6.10 Å². The molecular formula is C39H65N3O11. The number of carbonyl (C=O) groups excluding carboxylic acids is 5. The molecule has 0 aliphatic heterocycles. The van der Waals surface area contributed by atoms with Crippen molar-refractivity contribution in [2.24, 2.45) is 0 Å². The van der Waals surface area contributed by atoms with Crippen molar-refractivity contribution in [2.45, 2.75) is 63.9 Å². The van der Waals surface area contributed by atoms with Crippen LogP contribution in [0.15, 0.2) is 63.3 Å². The molecule has 0 heterocycles. The van der Waals surface area contributed by atoms with Crippen molar-refractivity contribution in [2.75, 3.05) is 92.3 Å². The molecule has 14 nitrogen and oxygen atoms in total. The Kier molecular flexibility index (Phi) is 39.7. The molecular weight excluding hydrogens is 686 g/mol. The van der Waals surface area contributed by atoms with Crippen molar-refractivity contribution < 1.29 is 52.4 Å². The number of amides is 3. The summed E-state index contributed by atoms with van der Waals surface area (Å²) in [5.41, 5.74) is 0. The topological polar surface area (TPSA) is 177 Å². The molecule has 0 aromatic rings. The van der Waals surface area contributed by atoms with Crippen LogP contribution in [-0.2, 0) is 52.4 Å². The molecule has 0 fully saturated rings. The number of rotatable bonds is 38. The van der Waals surface area contributed by atoms with Crippen LogP contribution in [0.1, 0.15) is 57.8 Å². The van der Waals surface area contributed by atoms with Gasteiger partial charge in [0.25, 0.3) is 0 Å². The minimum absolute atomic E-state index is 0.0839. The summed E-state index contributed by atoms with van der Waals surface area (Å²) in [4.78, 5) is 55.2. The molecule has 3 amide bonds. The molecule has 0 atom stereocenters. The number of hydrogen-bond acceptors (Lipinski definition) is 11. The maximum Gasteiger partial charge on any atom is 0.243 e. The Morgan fingerprint density at radius 3 is 1.11 bits per heavy atom. The molecule has 53 heavy (non-hydrogen) atoms. The predicted octanol–water partition coefficient (Wildman–Crippen LogP) is 3.37. The van der Waals surface area contributed by atoms with Crippen LogP contribution in [0, 0.1) is 0 Å². The summed E-state index contributed by atoms with van der Waals surface area (Å²) >= 11 is 0. The van der Waals surface area contributed by atoms with Gasteiger partial charge in [-0.25, -0.2) is 0 Å². The van der Waals surface area contributed by atoms with Crippen LogP contribution in [0.2, 0.25) is 0 Å². The average molecular weight is 752 g/mol. The molecule has 0 aromatic carbocycles. The number of ether oxygens (including phenoxy) is 6. The zero-order valence-electron chi connectivity index (χ0n) is 31.8. The van der Waals surface area contributed by atoms with Crippen molar-refractivity contribution in [1.29, 1.82) is 0 Å². The Labute approximate surface area is 316 Å². The highest BCUT2D eigenvalue weighted by molar-refractivity contribution is 5.89. The zero-order valence-corrected chi connectivity index (χ0v) is 31.8. The predicted molar refractivity (Wildman–Crippen MR) is 205 cm³/mol. The Bertz CT molecular complexity index is 972. The summed E-state index contributed by atoms with van der Waals surface area (Å²) < 4.78 is 33.2. The van der Waals surface area contributed by atoms with Gasteiger partial charge in [-0.15, -0.1) is 0 Å². The van der Waals surface area contributed by atoms with E-state index in [1.54, 1.807) is 0 Å². The monoisotopic (exact) mass is 751 g/mol. The van der Waals surface area contributed by atoms with Gasteiger partial charge >= 0.3 is 0 Å². The van der Waals surface area contributed by atoms with E-state index in [9.17, 15) is 24.0 Å². The lowest BCUT2D eigenvalue weighted by molar-refractivity contribution is -0.117. The standard InChI is InChI=1S/C21H35N3O6.C18H30O5/c1-4-19(25)22-10-7-13-28-16-18(30-15-9-12-24-21(27)6-3)17-29-14-8-11-23-20(26)5-2;1-3-17(19)9-5-7-11-21-13-15-23-16-14-22-12-8-6-10-18(20)4-2/h4-6,18H,1-3,7-17H2,(H,22,25)(H,23,26)(H,24,27);3-4H,1-2,5-16H2. The smallest absolute Gasteiger partial charge is 0.243 e. The number of nitrogens with one attached hydrogen (secondary N) is 3. The van der Waals surface area contributed by atoms with Gasteiger partial charge in [-0.1, -0.05) is 32.9 Å². The average Bonchev–Trinajstić information content (AvgIpc) is 3.17. The van der Waals surface area contributed by atoms with Crippen LogP contribution < -0.4 is 16.0 Å². The molecule has 0 aliphatic rings. The molecule has 0 aliphatic carbocycles. The van der Waals surface area contributed by atoms with Crippen LogP contribution >= 0.6 is 0 Å². The molecule has 0 bridgehead atoms. The summed E-state index contributed by atoms with van der Waals surface area (Å²) in [6.07, 6.45) is 12.6. The number of hydrogen-bond donors (Lipinski definition) is 3. The normalized spacial score (nSPS) is 10.4. The van der Waals surface area contributed by atoms with Gasteiger partial charge < -0.3 is 44.4 Å². The third-order valence-corrected chi connectivity index (χ3v) is 6.79. The summed E-state index contributed by atoms with van der Waals surface area (Å²) in [6, 6.07) is 0. The van der Waals surface area contributed by atoms with Crippen LogP contribution in [0.25, 0.3) is 0 Å². The first-order valence-electron chi connectivity index (χ1n) is 18.3. The van der Waals surface area contributed by atoms with Gasteiger partial charge in [0.15, 0.2) is 11.6 Å². The summed E-state index contributed by atoms with van der Waals surface area (Å²) in [5.74, 6) is -0.471. The SMILES string of the molecule is C=CC(=O)CCCCOCCOCCOCCCCC(=O)C=C.C=CC(=O)NCCCOCC(COCCCNC(=O)C=C)OCCCNC(=O)C=C. The van der Waals surface area contributed by atoms with Crippen LogP contribution in [0.4, 0.5) is 0 Å². The van der Waals surface area contributed by atoms with E-state index in [0.29, 0.717) is 124 Å². The van der Waals surface area contributed by atoms with Crippen molar-refractivity contribution in [3.63, 3.8) is 0 Å². The zero-order chi connectivity index (χ0) is 39.6. The van der Waals surface area contributed by atoms with E-state index in [0.717, 1.165) is 25.7 Å². The molecule has 0 rings (SSSR count). The number of allylic oxidation sites excluding steroid dienone is 2. The Morgan fingerprint density at radius 1 is 0.415 bits per heavy atom. The first-order chi connectivity index (χ1) is 25.7. The van der Waals surface area contributed by atoms with Crippen molar-refractivity contribution in [1.82, 2.24) is 16.0 Å². The molecule has 0 unspecified atom stereocenters. The number of ketones is 2. The van der Waals surface area contributed by atoms with Crippen molar-refractivity contribution >= 4 is 29.3 Å². The maximum atomic E-state index is 11.1. The highest BCUT2D eigenvalue weighted by Gasteiger charge is 2.10. The molecule has 0 saturated carbocycles. The molecule has 0 saturated heterocycles. The van der Waals surface area contributed by atoms with E-state index in [-0.39, 0.29) is 35.4 Å². The van der Waals surface area contributed by atoms with Gasteiger partial charge in [0.2, 0.25) is 17.7 Å². The minimum Gasteiger partial charge on any atom is -0.379 e. The molecule has 0 aromatic heterocycles. The highest BCUT2D eigenvalue weighted by Crippen LogP contribution is 2.00. The summed E-state index contributed by atoms with van der Waals surface area (Å²) in [7, 11) is 0. The molecule has 0 radical (unpaired) electrons. The highest BCUT2D eigenvalue weighted by atomic mass is 16.6. The quantitative estimate of drug-likeness (QED) is 0.0623. The van der Waals surface area contributed by atoms with Crippen molar-refractivity contribution in [3.8, 4) is 0 Å². The maximum absolute atomic E-state index is 11.1. The first-order valence-corrected chi connectivity index (χ1v) is 18.3. The lowest BCUT2D eigenvalue weighted by Gasteiger charge is -2.18. The minimum atomic E-state index is -0.259. The Hall–Kier alpha value is -3.79. The van der Waals surface area contributed by atoms with E-state index < -0.39 is 0 Å². The van der Waals surface area contributed by atoms with Crippen molar-refractivity contribution in [3.05, 3.63) is 63.3 Å². The van der Waals surface area contributed by atoms with E-state index in [1.165, 1.54) is 30.4 Å². The molecule has 14 heteroatoms. The second-order valence-electron chi connectivity index (χ2n) is 11.3. The number of unbranched alkanes of at least 4 members (excludes halogenated alkanes) is 2. The van der Waals surface area contributed by atoms with Gasteiger partial charge in [-0.05, 0) is 75.3 Å². The third-order valence-electron chi connectivity index (χ3n) is 6.79. The third kappa shape index (κ3) is 40.8. The fourth-order valence-corrected chi connectivity index (χ4v) is 3.85. The number of carbonyl (C=O) groups is 5. The van der Waals surface area contributed by atoms with Gasteiger partial charge in [-0.2, -0.15) is 0 Å². The molecule has 0 spiro atoms. The molecule has 3 N–H and O–H groups in total. The lowest BCUT2D eigenvalue weighted by Crippen LogP contribution is -2.29.